The fraction of sp³-hybridized carbons (Fsp3) is 0.0667. The van der Waals surface area contributed by atoms with Gasteiger partial charge in [-0.05, 0) is 47.5 Å². The highest BCUT2D eigenvalue weighted by molar-refractivity contribution is 7.99. The van der Waals surface area contributed by atoms with Gasteiger partial charge in [0.1, 0.15) is 12.4 Å². The third-order valence-electron chi connectivity index (χ3n) is 5.60. The number of benzene rings is 4. The number of hydrazone groups is 1. The van der Waals surface area contributed by atoms with Crippen LogP contribution in [0.25, 0.3) is 16.6 Å². The number of nitrogens with zero attached hydrogens (tertiary/aromatic N) is 3. The molecule has 0 saturated carbocycles. The Morgan fingerprint density at radius 1 is 0.921 bits per heavy atom. The highest BCUT2D eigenvalue weighted by atomic mass is 32.2. The number of fused-ring (bicyclic) bond motifs is 1. The minimum absolute atomic E-state index is 0.0369. The van der Waals surface area contributed by atoms with E-state index in [1.807, 2.05) is 97.1 Å². The minimum Gasteiger partial charge on any atom is -0.489 e. The molecule has 5 aromatic rings. The molecule has 8 heteroatoms. The zero-order valence-electron chi connectivity index (χ0n) is 20.4. The van der Waals surface area contributed by atoms with E-state index in [0.29, 0.717) is 34.1 Å². The van der Waals surface area contributed by atoms with Crippen LogP contribution < -0.4 is 15.7 Å². The molecule has 188 valence electrons. The first-order chi connectivity index (χ1) is 18.7. The summed E-state index contributed by atoms with van der Waals surface area (Å²) in [6, 6.07) is 33.8. The van der Waals surface area contributed by atoms with Crippen molar-refractivity contribution in [2.45, 2.75) is 11.8 Å². The molecular formula is C30H24N4O3S. The Kier molecular flexibility index (Phi) is 7.91. The number of aromatic nitrogens is 2. The van der Waals surface area contributed by atoms with Gasteiger partial charge in [0.05, 0.1) is 28.6 Å². The van der Waals surface area contributed by atoms with Crippen molar-refractivity contribution in [2.75, 3.05) is 5.75 Å². The Morgan fingerprint density at radius 2 is 1.66 bits per heavy atom. The summed E-state index contributed by atoms with van der Waals surface area (Å²) in [4.78, 5) is 30.5. The van der Waals surface area contributed by atoms with Gasteiger partial charge in [-0.2, -0.15) is 5.10 Å². The Hall–Kier alpha value is -4.69. The Balaban J connectivity index is 1.24. The topological polar surface area (TPSA) is 85.6 Å². The molecule has 1 heterocycles. The molecule has 0 atom stereocenters. The summed E-state index contributed by atoms with van der Waals surface area (Å²) < 4.78 is 7.38. The highest BCUT2D eigenvalue weighted by Crippen LogP contribution is 2.21. The molecule has 7 nitrogen and oxygen atoms in total. The molecule has 1 amide bonds. The lowest BCUT2D eigenvalue weighted by molar-refractivity contribution is -0.118. The number of para-hydroxylation sites is 2. The van der Waals surface area contributed by atoms with Crippen LogP contribution in [0.4, 0.5) is 0 Å². The van der Waals surface area contributed by atoms with Crippen LogP contribution >= 0.6 is 11.8 Å². The molecule has 0 aliphatic heterocycles. The van der Waals surface area contributed by atoms with Crippen molar-refractivity contribution in [3.8, 4) is 11.4 Å². The summed E-state index contributed by atoms with van der Waals surface area (Å²) in [5.74, 6) is 0.431. The lowest BCUT2D eigenvalue weighted by Crippen LogP contribution is -2.24. The number of hydrogen-bond acceptors (Lipinski definition) is 6. The van der Waals surface area contributed by atoms with Crippen LogP contribution in [0.1, 0.15) is 11.1 Å². The van der Waals surface area contributed by atoms with Crippen molar-refractivity contribution in [3.05, 3.63) is 131 Å². The number of thioether (sulfide) groups is 1. The number of nitrogens with one attached hydrogen (secondary N) is 1. The van der Waals surface area contributed by atoms with Crippen molar-refractivity contribution in [2.24, 2.45) is 5.10 Å². The highest BCUT2D eigenvalue weighted by Gasteiger charge is 2.14. The standard InChI is InChI=1S/C30H24N4O3S/c35-28(33-31-19-23-12-9-15-25(18-23)37-20-22-10-3-1-4-11-22)21-38-30-32-27-17-8-7-16-26(27)29(36)34(30)24-13-5-2-6-14-24/h1-19H,20-21H2,(H,33,35). The predicted molar refractivity (Wildman–Crippen MR) is 151 cm³/mol. The number of amides is 1. The average molecular weight is 521 g/mol. The number of carbonyl (C=O) groups excluding carboxylic acids is 1. The van der Waals surface area contributed by atoms with Crippen molar-refractivity contribution < 1.29 is 9.53 Å². The van der Waals surface area contributed by atoms with Gasteiger partial charge >= 0.3 is 0 Å². The molecular weight excluding hydrogens is 496 g/mol. The molecule has 0 aliphatic carbocycles. The van der Waals surface area contributed by atoms with E-state index in [0.717, 1.165) is 11.1 Å². The first kappa shape index (κ1) is 25.0. The van der Waals surface area contributed by atoms with E-state index in [-0.39, 0.29) is 17.2 Å². The molecule has 4 aromatic carbocycles. The predicted octanol–water partition coefficient (Wildman–Crippen LogP) is 5.21. The molecule has 38 heavy (non-hydrogen) atoms. The molecule has 0 aliphatic rings. The minimum atomic E-state index is -0.315. The third kappa shape index (κ3) is 6.16. The summed E-state index contributed by atoms with van der Waals surface area (Å²) in [5.41, 5.74) is 5.50. The van der Waals surface area contributed by atoms with Crippen LogP contribution in [0, 0.1) is 0 Å². The van der Waals surface area contributed by atoms with Crippen molar-refractivity contribution in [1.29, 1.82) is 0 Å². The van der Waals surface area contributed by atoms with E-state index in [9.17, 15) is 9.59 Å². The summed E-state index contributed by atoms with van der Waals surface area (Å²) in [7, 11) is 0. The summed E-state index contributed by atoms with van der Waals surface area (Å²) in [6.45, 7) is 0.465. The van der Waals surface area contributed by atoms with Crippen LogP contribution in [0.5, 0.6) is 5.75 Å². The largest absolute Gasteiger partial charge is 0.489 e. The Morgan fingerprint density at radius 3 is 2.47 bits per heavy atom. The Labute approximate surface area is 223 Å². The molecule has 0 spiro atoms. The second kappa shape index (κ2) is 12.0. The molecule has 0 radical (unpaired) electrons. The molecule has 1 N–H and O–H groups in total. The second-order valence-corrected chi connectivity index (χ2v) is 9.26. The van der Waals surface area contributed by atoms with Crippen LogP contribution in [0.15, 0.2) is 124 Å². The van der Waals surface area contributed by atoms with Gasteiger partial charge in [0.2, 0.25) is 0 Å². The van der Waals surface area contributed by atoms with E-state index < -0.39 is 0 Å². The van der Waals surface area contributed by atoms with Gasteiger partial charge in [-0.15, -0.1) is 0 Å². The summed E-state index contributed by atoms with van der Waals surface area (Å²) in [5, 5.41) is 5.03. The molecule has 0 saturated heterocycles. The number of rotatable bonds is 9. The SMILES string of the molecule is O=C(CSc1nc2ccccc2c(=O)n1-c1ccccc1)NN=Cc1cccc(OCc2ccccc2)c1. The van der Waals surface area contributed by atoms with Gasteiger partial charge in [0.15, 0.2) is 5.16 Å². The lowest BCUT2D eigenvalue weighted by atomic mass is 10.2. The quantitative estimate of drug-likeness (QED) is 0.125. The van der Waals surface area contributed by atoms with E-state index in [2.05, 4.69) is 15.5 Å². The van der Waals surface area contributed by atoms with Gasteiger partial charge in [0.25, 0.3) is 11.5 Å². The third-order valence-corrected chi connectivity index (χ3v) is 6.54. The number of carbonyl (C=O) groups is 1. The van der Waals surface area contributed by atoms with Gasteiger partial charge in [-0.1, -0.05) is 84.6 Å². The average Bonchev–Trinajstić information content (AvgIpc) is 2.96. The summed E-state index contributed by atoms with van der Waals surface area (Å²) in [6.07, 6.45) is 1.56. The molecule has 0 unspecified atom stereocenters. The fourth-order valence-electron chi connectivity index (χ4n) is 3.78. The first-order valence-electron chi connectivity index (χ1n) is 12.0. The van der Waals surface area contributed by atoms with Gasteiger partial charge in [-0.25, -0.2) is 10.4 Å². The maximum Gasteiger partial charge on any atom is 0.266 e. The van der Waals surface area contributed by atoms with Crippen molar-refractivity contribution in [1.82, 2.24) is 15.0 Å². The fourth-order valence-corrected chi connectivity index (χ4v) is 4.59. The molecule has 1 aromatic heterocycles. The van der Waals surface area contributed by atoms with Gasteiger partial charge < -0.3 is 4.74 Å². The van der Waals surface area contributed by atoms with Gasteiger partial charge in [-0.3, -0.25) is 14.2 Å². The summed E-state index contributed by atoms with van der Waals surface area (Å²) >= 11 is 1.18. The second-order valence-electron chi connectivity index (χ2n) is 8.32. The zero-order chi connectivity index (χ0) is 26.2. The van der Waals surface area contributed by atoms with Crippen LogP contribution in [0.3, 0.4) is 0 Å². The van der Waals surface area contributed by atoms with E-state index in [1.54, 1.807) is 18.3 Å². The van der Waals surface area contributed by atoms with E-state index in [1.165, 1.54) is 16.3 Å². The molecule has 5 rings (SSSR count). The zero-order valence-corrected chi connectivity index (χ0v) is 21.2. The van der Waals surface area contributed by atoms with Crippen molar-refractivity contribution >= 4 is 34.8 Å². The monoisotopic (exact) mass is 520 g/mol. The van der Waals surface area contributed by atoms with Crippen LogP contribution in [0.2, 0.25) is 0 Å². The normalized spacial score (nSPS) is 11.1. The van der Waals surface area contributed by atoms with E-state index in [4.69, 9.17) is 4.74 Å². The lowest BCUT2D eigenvalue weighted by Gasteiger charge is -2.12. The smallest absolute Gasteiger partial charge is 0.266 e. The Bertz CT molecular complexity index is 1640. The van der Waals surface area contributed by atoms with Gasteiger partial charge in [0, 0.05) is 0 Å². The molecule has 0 fully saturated rings. The number of ether oxygens (including phenoxy) is 1. The van der Waals surface area contributed by atoms with Crippen LogP contribution in [-0.4, -0.2) is 27.4 Å². The molecule has 0 bridgehead atoms. The van der Waals surface area contributed by atoms with Crippen molar-refractivity contribution in [3.63, 3.8) is 0 Å². The maximum atomic E-state index is 13.3. The number of hydrogen-bond donors (Lipinski definition) is 1. The maximum absolute atomic E-state index is 13.3. The first-order valence-corrected chi connectivity index (χ1v) is 12.9. The van der Waals surface area contributed by atoms with E-state index >= 15 is 0 Å². The van der Waals surface area contributed by atoms with Crippen LogP contribution in [-0.2, 0) is 11.4 Å².